The van der Waals surface area contributed by atoms with Crippen molar-refractivity contribution in [2.45, 2.75) is 56.7 Å². The number of nitrogens with two attached hydrogens (primary N) is 1. The summed E-state index contributed by atoms with van der Waals surface area (Å²) < 4.78 is 62.3. The number of halogens is 4. The smallest absolute Gasteiger partial charge is 0.419 e. The first kappa shape index (κ1) is 25.9. The number of aliphatic hydroxyl groups is 2. The van der Waals surface area contributed by atoms with Crippen molar-refractivity contribution in [2.75, 3.05) is 12.3 Å². The van der Waals surface area contributed by atoms with Crippen molar-refractivity contribution in [3.63, 3.8) is 0 Å². The van der Waals surface area contributed by atoms with E-state index in [-0.39, 0.29) is 12.6 Å². The number of alkyl halides is 3. The third-order valence-corrected chi connectivity index (χ3v) is 6.56. The van der Waals surface area contributed by atoms with Crippen LogP contribution in [-0.4, -0.2) is 58.6 Å². The number of hydrogen-bond donors (Lipinski definition) is 3. The van der Waals surface area contributed by atoms with Crippen LogP contribution in [0.5, 0.6) is 5.88 Å². The van der Waals surface area contributed by atoms with Crippen LogP contribution in [0, 0.1) is 5.82 Å². The summed E-state index contributed by atoms with van der Waals surface area (Å²) in [5.74, 6) is -1.85. The molecule has 4 aromatic rings. The second kappa shape index (κ2) is 10.2. The number of anilines is 1. The Balaban J connectivity index is 1.35. The molecule has 4 aromatic heterocycles. The second-order valence-electron chi connectivity index (χ2n) is 9.23. The minimum absolute atomic E-state index is 0.0709. The van der Waals surface area contributed by atoms with Crippen LogP contribution in [0.3, 0.4) is 0 Å². The fraction of sp³-hybridized carbons (Fsp3) is 0.417. The van der Waals surface area contributed by atoms with Crippen LogP contribution in [0.2, 0.25) is 0 Å². The van der Waals surface area contributed by atoms with Crippen molar-refractivity contribution < 1.29 is 32.5 Å². The third-order valence-electron chi connectivity index (χ3n) is 6.56. The van der Waals surface area contributed by atoms with Gasteiger partial charge in [-0.3, -0.25) is 9.36 Å². The van der Waals surface area contributed by atoms with E-state index in [2.05, 4.69) is 15.1 Å². The molecule has 1 fully saturated rings. The monoisotopic (exact) mass is 535 g/mol. The van der Waals surface area contributed by atoms with Gasteiger partial charge in [0.2, 0.25) is 0 Å². The fourth-order valence-electron chi connectivity index (χ4n) is 4.69. The van der Waals surface area contributed by atoms with E-state index in [9.17, 15) is 22.7 Å². The Bertz CT molecular complexity index is 1430. The summed E-state index contributed by atoms with van der Waals surface area (Å²) in [6.07, 6.45) is 1.60. The van der Waals surface area contributed by atoms with Crippen molar-refractivity contribution in [2.24, 2.45) is 0 Å². The zero-order valence-electron chi connectivity index (χ0n) is 20.0. The number of nitrogens with zero attached hydrogens (tertiary/aromatic N) is 6. The second-order valence-corrected chi connectivity index (χ2v) is 9.23. The molecule has 0 unspecified atom stereocenters. The summed E-state index contributed by atoms with van der Waals surface area (Å²) in [4.78, 5) is 7.86. The number of hydrogen-bond acceptors (Lipinski definition) is 8. The molecule has 202 valence electrons. The maximum absolute atomic E-state index is 14.4. The van der Waals surface area contributed by atoms with Crippen molar-refractivity contribution in [3.8, 4) is 17.1 Å². The molecule has 0 spiro atoms. The lowest BCUT2D eigenvalue weighted by molar-refractivity contribution is -0.140. The number of aliphatic hydroxyl groups excluding tert-OH is 2. The fourth-order valence-corrected chi connectivity index (χ4v) is 4.69. The molecular weight excluding hydrogens is 510 g/mol. The SMILES string of the molecule is Nc1cc2c(cn1)c(-c1cnn(C[C@H](O)CO)c1)nn2C1CCC(Oc2nccc(C(F)(F)F)c2F)CC1. The average molecular weight is 536 g/mol. The van der Waals surface area contributed by atoms with Crippen molar-refractivity contribution >= 4 is 16.7 Å². The Morgan fingerprint density at radius 2 is 1.92 bits per heavy atom. The Kier molecular flexibility index (Phi) is 6.92. The number of fused-ring (bicyclic) bond motifs is 1. The molecule has 1 saturated carbocycles. The molecule has 0 aliphatic heterocycles. The highest BCUT2D eigenvalue weighted by Crippen LogP contribution is 2.38. The zero-order chi connectivity index (χ0) is 27.0. The number of ether oxygens (including phenoxy) is 1. The van der Waals surface area contributed by atoms with Gasteiger partial charge < -0.3 is 20.7 Å². The van der Waals surface area contributed by atoms with Crippen molar-refractivity contribution in [1.29, 1.82) is 0 Å². The van der Waals surface area contributed by atoms with E-state index in [1.165, 1.54) is 4.68 Å². The van der Waals surface area contributed by atoms with E-state index >= 15 is 0 Å². The molecule has 1 atom stereocenters. The van der Waals surface area contributed by atoms with Gasteiger partial charge >= 0.3 is 6.18 Å². The molecule has 5 rings (SSSR count). The highest BCUT2D eigenvalue weighted by molar-refractivity contribution is 5.93. The number of rotatable bonds is 7. The Morgan fingerprint density at radius 1 is 1.16 bits per heavy atom. The quantitative estimate of drug-likeness (QED) is 0.307. The number of pyridine rings is 2. The topological polar surface area (TPSA) is 137 Å². The van der Waals surface area contributed by atoms with E-state index in [1.54, 1.807) is 24.7 Å². The predicted molar refractivity (Wildman–Crippen MR) is 127 cm³/mol. The van der Waals surface area contributed by atoms with Gasteiger partial charge in [-0.05, 0) is 31.7 Å². The highest BCUT2D eigenvalue weighted by atomic mass is 19.4. The van der Waals surface area contributed by atoms with Gasteiger partial charge in [0, 0.05) is 35.6 Å². The molecule has 0 amide bonds. The molecule has 14 heteroatoms. The maximum Gasteiger partial charge on any atom is 0.419 e. The maximum atomic E-state index is 14.4. The van der Waals surface area contributed by atoms with Crippen LogP contribution < -0.4 is 10.5 Å². The van der Waals surface area contributed by atoms with E-state index in [4.69, 9.17) is 20.7 Å². The molecule has 10 nitrogen and oxygen atoms in total. The lowest BCUT2D eigenvalue weighted by Gasteiger charge is -2.29. The van der Waals surface area contributed by atoms with Gasteiger partial charge in [-0.2, -0.15) is 23.4 Å². The summed E-state index contributed by atoms with van der Waals surface area (Å²) >= 11 is 0. The summed E-state index contributed by atoms with van der Waals surface area (Å²) in [6.45, 7) is -0.273. The third kappa shape index (κ3) is 5.13. The predicted octanol–water partition coefficient (Wildman–Crippen LogP) is 3.35. The van der Waals surface area contributed by atoms with E-state index < -0.39 is 42.3 Å². The molecule has 4 heterocycles. The number of nitrogen functional groups attached to an aromatic ring is 1. The minimum Gasteiger partial charge on any atom is -0.472 e. The first-order chi connectivity index (χ1) is 18.1. The molecule has 38 heavy (non-hydrogen) atoms. The van der Waals surface area contributed by atoms with Crippen LogP contribution in [0.1, 0.15) is 37.3 Å². The van der Waals surface area contributed by atoms with Crippen molar-refractivity contribution in [1.82, 2.24) is 29.5 Å². The highest BCUT2D eigenvalue weighted by Gasteiger charge is 2.36. The van der Waals surface area contributed by atoms with Crippen LogP contribution in [-0.2, 0) is 12.7 Å². The van der Waals surface area contributed by atoms with Gasteiger partial charge in [-0.15, -0.1) is 0 Å². The van der Waals surface area contributed by atoms with E-state index in [1.807, 2.05) is 4.68 Å². The largest absolute Gasteiger partial charge is 0.472 e. The first-order valence-corrected chi connectivity index (χ1v) is 12.0. The molecule has 0 bridgehead atoms. The lowest BCUT2D eigenvalue weighted by atomic mass is 9.93. The van der Waals surface area contributed by atoms with Gasteiger partial charge in [0.25, 0.3) is 5.88 Å². The van der Waals surface area contributed by atoms with Gasteiger partial charge in [-0.25, -0.2) is 14.4 Å². The molecule has 0 saturated heterocycles. The van der Waals surface area contributed by atoms with Crippen molar-refractivity contribution in [3.05, 3.63) is 48.3 Å². The minimum atomic E-state index is -4.84. The zero-order valence-corrected chi connectivity index (χ0v) is 20.0. The Morgan fingerprint density at radius 3 is 2.63 bits per heavy atom. The molecule has 1 aliphatic rings. The molecule has 0 aromatic carbocycles. The molecule has 4 N–H and O–H groups in total. The van der Waals surface area contributed by atoms with Gasteiger partial charge in [-0.1, -0.05) is 0 Å². The van der Waals surface area contributed by atoms with Gasteiger partial charge in [0.05, 0.1) is 42.6 Å². The van der Waals surface area contributed by atoms with Crippen LogP contribution in [0.25, 0.3) is 22.2 Å². The standard InChI is InChI=1S/C24H25F4N7O3/c25-21-18(24(26,27)28)5-6-30-23(21)38-16-3-1-14(2-4-16)35-19-7-20(29)31-9-17(19)22(33-35)13-8-32-34(10-13)11-15(37)12-36/h5-10,14-16,36-37H,1-4,11-12H2,(H2,29,31)/t14?,15-,16?/m0/s1. The summed E-state index contributed by atoms with van der Waals surface area (Å²) in [5.41, 5.74) is 6.60. The van der Waals surface area contributed by atoms with Gasteiger partial charge in [0.15, 0.2) is 5.82 Å². The summed E-state index contributed by atoms with van der Waals surface area (Å²) in [7, 11) is 0. The Hall–Kier alpha value is -3.78. The molecule has 0 radical (unpaired) electrons. The summed E-state index contributed by atoms with van der Waals surface area (Å²) in [5, 5.41) is 28.6. The van der Waals surface area contributed by atoms with E-state index in [0.29, 0.717) is 48.8 Å². The van der Waals surface area contributed by atoms with Crippen LogP contribution in [0.15, 0.2) is 36.9 Å². The van der Waals surface area contributed by atoms with Crippen LogP contribution >= 0.6 is 0 Å². The average Bonchev–Trinajstić information content (AvgIpc) is 3.49. The number of aromatic nitrogens is 6. The lowest BCUT2D eigenvalue weighted by Crippen LogP contribution is -2.27. The Labute approximate surface area is 213 Å². The van der Waals surface area contributed by atoms with E-state index in [0.717, 1.165) is 17.1 Å². The normalized spacial score (nSPS) is 19.1. The first-order valence-electron chi connectivity index (χ1n) is 12.0. The van der Waals surface area contributed by atoms with Gasteiger partial charge in [0.1, 0.15) is 17.6 Å². The molecule has 1 aliphatic carbocycles. The summed E-state index contributed by atoms with van der Waals surface area (Å²) in [6, 6.07) is 2.23. The molecular formula is C24H25F4N7O3. The van der Waals surface area contributed by atoms with Crippen LogP contribution in [0.4, 0.5) is 23.4 Å².